The predicted octanol–water partition coefficient (Wildman–Crippen LogP) is 4.46. The summed E-state index contributed by atoms with van der Waals surface area (Å²) in [5, 5.41) is 4.29. The molecule has 3 heteroatoms. The number of halogens is 1. The van der Waals surface area contributed by atoms with E-state index >= 15 is 0 Å². The topological polar surface area (TPSA) is 15.3 Å². The number of nitrogens with one attached hydrogen (secondary N) is 1. The van der Waals surface area contributed by atoms with Crippen molar-refractivity contribution < 1.29 is 0 Å². The van der Waals surface area contributed by atoms with Crippen LogP contribution < -0.4 is 10.2 Å². The third-order valence-electron chi connectivity index (χ3n) is 4.55. The fourth-order valence-corrected chi connectivity index (χ4v) is 3.72. The molecule has 0 radical (unpaired) electrons. The van der Waals surface area contributed by atoms with E-state index in [0.29, 0.717) is 6.04 Å². The van der Waals surface area contributed by atoms with Gasteiger partial charge in [-0.25, -0.2) is 0 Å². The molecule has 2 atom stereocenters. The van der Waals surface area contributed by atoms with E-state index < -0.39 is 0 Å². The van der Waals surface area contributed by atoms with Gasteiger partial charge in [0.15, 0.2) is 0 Å². The van der Waals surface area contributed by atoms with Crippen LogP contribution in [0, 0.1) is 5.92 Å². The third-order valence-corrected chi connectivity index (χ3v) is 4.86. The summed E-state index contributed by atoms with van der Waals surface area (Å²) in [6.45, 7) is 6.38. The molecule has 1 fully saturated rings. The molecule has 2 unspecified atom stereocenters. The maximum atomic E-state index is 6.50. The molecular formula is C17H27ClN2. The van der Waals surface area contributed by atoms with Gasteiger partial charge in [0.2, 0.25) is 0 Å². The van der Waals surface area contributed by atoms with Gasteiger partial charge in [0.05, 0.1) is 10.7 Å². The third kappa shape index (κ3) is 3.48. The molecule has 2 nitrogen and oxygen atoms in total. The first-order valence-corrected chi connectivity index (χ1v) is 8.23. The lowest BCUT2D eigenvalue weighted by Gasteiger charge is -2.39. The van der Waals surface area contributed by atoms with Crippen molar-refractivity contribution in [3.05, 3.63) is 28.8 Å². The average Bonchev–Trinajstić information content (AvgIpc) is 2.45. The molecule has 112 valence electrons. The Morgan fingerprint density at radius 1 is 1.30 bits per heavy atom. The molecule has 1 saturated carbocycles. The van der Waals surface area contributed by atoms with Crippen LogP contribution in [0.3, 0.4) is 0 Å². The lowest BCUT2D eigenvalue weighted by molar-refractivity contribution is 0.321. The Morgan fingerprint density at radius 3 is 2.75 bits per heavy atom. The summed E-state index contributed by atoms with van der Waals surface area (Å²) in [5.74, 6) is 0.747. The van der Waals surface area contributed by atoms with Crippen LogP contribution in [0.5, 0.6) is 0 Å². The molecule has 0 spiro atoms. The van der Waals surface area contributed by atoms with Crippen molar-refractivity contribution in [3.63, 3.8) is 0 Å². The van der Waals surface area contributed by atoms with Gasteiger partial charge < -0.3 is 10.2 Å². The molecule has 20 heavy (non-hydrogen) atoms. The van der Waals surface area contributed by atoms with E-state index in [9.17, 15) is 0 Å². The summed E-state index contributed by atoms with van der Waals surface area (Å²) in [6.07, 6.45) is 5.33. The van der Waals surface area contributed by atoms with E-state index in [0.717, 1.165) is 24.0 Å². The second-order valence-electron chi connectivity index (χ2n) is 5.97. The second kappa shape index (κ2) is 7.33. The molecule has 0 aliphatic heterocycles. The highest BCUT2D eigenvalue weighted by atomic mass is 35.5. The van der Waals surface area contributed by atoms with Gasteiger partial charge in [0.1, 0.15) is 0 Å². The average molecular weight is 295 g/mol. The van der Waals surface area contributed by atoms with Gasteiger partial charge in [-0.1, -0.05) is 50.4 Å². The van der Waals surface area contributed by atoms with Crippen LogP contribution in [0.2, 0.25) is 5.02 Å². The molecule has 2 rings (SSSR count). The Labute approximate surface area is 128 Å². The Morgan fingerprint density at radius 2 is 2.05 bits per heavy atom. The van der Waals surface area contributed by atoms with Crippen LogP contribution in [0.25, 0.3) is 0 Å². The van der Waals surface area contributed by atoms with Gasteiger partial charge >= 0.3 is 0 Å². The molecule has 1 N–H and O–H groups in total. The van der Waals surface area contributed by atoms with E-state index in [2.05, 4.69) is 43.2 Å². The Hall–Kier alpha value is -0.730. The van der Waals surface area contributed by atoms with Gasteiger partial charge in [-0.15, -0.1) is 0 Å². The van der Waals surface area contributed by atoms with Crippen molar-refractivity contribution in [2.45, 2.75) is 52.1 Å². The molecule has 0 aromatic heterocycles. The lowest BCUT2D eigenvalue weighted by atomic mass is 9.84. The number of rotatable bonds is 5. The van der Waals surface area contributed by atoms with Crippen molar-refractivity contribution in [1.29, 1.82) is 0 Å². The monoisotopic (exact) mass is 294 g/mol. The number of benzene rings is 1. The van der Waals surface area contributed by atoms with Gasteiger partial charge in [0.25, 0.3) is 0 Å². The second-order valence-corrected chi connectivity index (χ2v) is 6.38. The highest BCUT2D eigenvalue weighted by molar-refractivity contribution is 6.33. The van der Waals surface area contributed by atoms with Crippen molar-refractivity contribution in [3.8, 4) is 0 Å². The van der Waals surface area contributed by atoms with Crippen LogP contribution in [0.15, 0.2) is 18.2 Å². The zero-order valence-electron chi connectivity index (χ0n) is 13.0. The number of anilines is 1. The van der Waals surface area contributed by atoms with E-state index in [1.54, 1.807) is 0 Å². The summed E-state index contributed by atoms with van der Waals surface area (Å²) in [5.41, 5.74) is 2.52. The molecule has 1 aromatic carbocycles. The quantitative estimate of drug-likeness (QED) is 0.862. The van der Waals surface area contributed by atoms with E-state index in [-0.39, 0.29) is 0 Å². The number of hydrogen-bond acceptors (Lipinski definition) is 2. The van der Waals surface area contributed by atoms with Gasteiger partial charge in [-0.3, -0.25) is 0 Å². The van der Waals surface area contributed by atoms with Gasteiger partial charge in [-0.2, -0.15) is 0 Å². The SMILES string of the molecule is CCNCc1cccc(Cl)c1N(C)C1CCCCC1C. The Balaban J connectivity index is 2.25. The zero-order valence-corrected chi connectivity index (χ0v) is 13.7. The molecule has 0 amide bonds. The van der Waals surface area contributed by atoms with Crippen LogP contribution in [-0.4, -0.2) is 19.6 Å². The highest BCUT2D eigenvalue weighted by Crippen LogP contribution is 2.36. The summed E-state index contributed by atoms with van der Waals surface area (Å²) < 4.78 is 0. The normalized spacial score (nSPS) is 22.8. The fourth-order valence-electron chi connectivity index (χ4n) is 3.40. The number of hydrogen-bond donors (Lipinski definition) is 1. The first-order chi connectivity index (χ1) is 9.65. The zero-order chi connectivity index (χ0) is 14.5. The molecule has 1 aliphatic carbocycles. The minimum atomic E-state index is 0.615. The molecule has 0 heterocycles. The summed E-state index contributed by atoms with van der Waals surface area (Å²) >= 11 is 6.50. The van der Waals surface area contributed by atoms with E-state index in [1.807, 2.05) is 6.07 Å². The molecule has 1 aliphatic rings. The van der Waals surface area contributed by atoms with Crippen molar-refractivity contribution in [1.82, 2.24) is 5.32 Å². The van der Waals surface area contributed by atoms with Gasteiger partial charge in [-0.05, 0) is 36.9 Å². The van der Waals surface area contributed by atoms with Crippen LogP contribution in [0.1, 0.15) is 45.1 Å². The standard InChI is InChI=1S/C17H27ClN2/c1-4-19-12-14-9-7-10-15(18)17(14)20(3)16-11-6-5-8-13(16)2/h7,9-10,13,16,19H,4-6,8,11-12H2,1-3H3. The predicted molar refractivity (Wildman–Crippen MR) is 88.7 cm³/mol. The van der Waals surface area contributed by atoms with Crippen molar-refractivity contribution >= 4 is 17.3 Å². The molecular weight excluding hydrogens is 268 g/mol. The smallest absolute Gasteiger partial charge is 0.0642 e. The number of para-hydroxylation sites is 1. The van der Waals surface area contributed by atoms with Crippen LogP contribution in [-0.2, 0) is 6.54 Å². The Bertz CT molecular complexity index is 433. The largest absolute Gasteiger partial charge is 0.370 e. The van der Waals surface area contributed by atoms with E-state index in [4.69, 9.17) is 11.6 Å². The molecule has 0 bridgehead atoms. The van der Waals surface area contributed by atoms with Crippen LogP contribution >= 0.6 is 11.6 Å². The van der Waals surface area contributed by atoms with Crippen molar-refractivity contribution in [2.24, 2.45) is 5.92 Å². The minimum absolute atomic E-state index is 0.615. The first-order valence-electron chi connectivity index (χ1n) is 7.86. The summed E-state index contributed by atoms with van der Waals surface area (Å²) in [7, 11) is 2.21. The fraction of sp³-hybridized carbons (Fsp3) is 0.647. The Kier molecular flexibility index (Phi) is 5.74. The highest BCUT2D eigenvalue weighted by Gasteiger charge is 2.27. The lowest BCUT2D eigenvalue weighted by Crippen LogP contribution is -2.39. The summed E-state index contributed by atoms with van der Waals surface area (Å²) in [4.78, 5) is 2.43. The number of nitrogens with zero attached hydrogens (tertiary/aromatic N) is 1. The van der Waals surface area contributed by atoms with E-state index in [1.165, 1.54) is 36.9 Å². The first kappa shape index (κ1) is 15.7. The molecule has 1 aromatic rings. The maximum absolute atomic E-state index is 6.50. The molecule has 0 saturated heterocycles. The van der Waals surface area contributed by atoms with Crippen LogP contribution in [0.4, 0.5) is 5.69 Å². The van der Waals surface area contributed by atoms with Crippen molar-refractivity contribution in [2.75, 3.05) is 18.5 Å². The maximum Gasteiger partial charge on any atom is 0.0642 e. The summed E-state index contributed by atoms with van der Waals surface area (Å²) in [6, 6.07) is 6.87. The minimum Gasteiger partial charge on any atom is -0.370 e. The van der Waals surface area contributed by atoms with Gasteiger partial charge in [0, 0.05) is 19.6 Å².